The van der Waals surface area contributed by atoms with Crippen LogP contribution in [0.25, 0.3) is 0 Å². The fraction of sp³-hybridized carbons (Fsp3) is 0.300. The van der Waals surface area contributed by atoms with Crippen LogP contribution < -0.4 is 20.1 Å². The number of ether oxygens (including phenoxy) is 2. The van der Waals surface area contributed by atoms with E-state index in [-0.39, 0.29) is 30.0 Å². The molecule has 0 saturated carbocycles. The lowest BCUT2D eigenvalue weighted by Gasteiger charge is -2.25. The highest BCUT2D eigenvalue weighted by atomic mass is 16.5. The first-order valence-electron chi connectivity index (χ1n) is 12.8. The third-order valence-corrected chi connectivity index (χ3v) is 6.81. The molecule has 39 heavy (non-hydrogen) atoms. The number of aromatic carboxylic acids is 1. The lowest BCUT2D eigenvalue weighted by molar-refractivity contribution is -0.131. The number of urea groups is 1. The molecule has 3 N–H and O–H groups in total. The Morgan fingerprint density at radius 2 is 1.72 bits per heavy atom. The number of carboxylic acid groups (broad SMARTS) is 1. The highest BCUT2D eigenvalue weighted by Gasteiger charge is 2.29. The predicted molar refractivity (Wildman–Crippen MR) is 149 cm³/mol. The average Bonchev–Trinajstić information content (AvgIpc) is 3.39. The van der Waals surface area contributed by atoms with Gasteiger partial charge in [0.05, 0.1) is 30.8 Å². The van der Waals surface area contributed by atoms with Crippen LogP contribution in [0, 0.1) is 13.8 Å². The summed E-state index contributed by atoms with van der Waals surface area (Å²) >= 11 is 0. The van der Waals surface area contributed by atoms with Crippen molar-refractivity contribution in [3.8, 4) is 11.5 Å². The van der Waals surface area contributed by atoms with Crippen molar-refractivity contribution in [2.75, 3.05) is 30.9 Å². The first-order chi connectivity index (χ1) is 18.7. The second kappa shape index (κ2) is 12.3. The van der Waals surface area contributed by atoms with Crippen LogP contribution in [-0.4, -0.2) is 54.2 Å². The van der Waals surface area contributed by atoms with E-state index in [2.05, 4.69) is 10.6 Å². The molecule has 3 amide bonds. The van der Waals surface area contributed by atoms with Crippen molar-refractivity contribution in [3.05, 3.63) is 82.9 Å². The number of carboxylic acids is 1. The number of amides is 3. The average molecular weight is 532 g/mol. The van der Waals surface area contributed by atoms with Gasteiger partial charge in [0.1, 0.15) is 18.1 Å². The molecule has 1 aliphatic rings. The summed E-state index contributed by atoms with van der Waals surface area (Å²) in [7, 11) is 1.52. The van der Waals surface area contributed by atoms with Crippen molar-refractivity contribution in [2.45, 2.75) is 39.2 Å². The molecule has 0 aromatic heterocycles. The van der Waals surface area contributed by atoms with Gasteiger partial charge in [0.2, 0.25) is 5.91 Å². The molecule has 9 nitrogen and oxygen atoms in total. The summed E-state index contributed by atoms with van der Waals surface area (Å²) in [5, 5.41) is 14.8. The minimum Gasteiger partial charge on any atom is -0.495 e. The van der Waals surface area contributed by atoms with Crippen molar-refractivity contribution in [1.29, 1.82) is 0 Å². The van der Waals surface area contributed by atoms with Gasteiger partial charge >= 0.3 is 12.0 Å². The quantitative estimate of drug-likeness (QED) is 0.346. The zero-order valence-electron chi connectivity index (χ0n) is 22.3. The first kappa shape index (κ1) is 27.5. The standard InChI is InChI=1S/C30H33N3O6/c1-19-7-4-5-9-24(19)31-30(37)32-25-12-10-21(16-27(25)38-3)17-28(34)33-14-6-8-23(33)18-39-26-13-11-22(29(35)36)15-20(26)2/h4-5,7,9-13,15-16,23H,6,8,14,17-18H2,1-3H3,(H,35,36)(H2,31,32,37)/t23-/m0/s1. The van der Waals surface area contributed by atoms with E-state index in [1.165, 1.54) is 13.2 Å². The number of para-hydroxylation sites is 1. The number of anilines is 2. The normalized spacial score (nSPS) is 14.5. The Balaban J connectivity index is 1.36. The molecule has 1 saturated heterocycles. The maximum absolute atomic E-state index is 13.2. The van der Waals surface area contributed by atoms with E-state index in [0.29, 0.717) is 36.0 Å². The van der Waals surface area contributed by atoms with Crippen molar-refractivity contribution in [3.63, 3.8) is 0 Å². The number of carbonyl (C=O) groups excluding carboxylic acids is 2. The van der Waals surface area contributed by atoms with Gasteiger partial charge in [-0.2, -0.15) is 0 Å². The highest BCUT2D eigenvalue weighted by Crippen LogP contribution is 2.28. The van der Waals surface area contributed by atoms with Crippen LogP contribution in [0.5, 0.6) is 11.5 Å². The molecular formula is C30H33N3O6. The Kier molecular flexibility index (Phi) is 8.70. The summed E-state index contributed by atoms with van der Waals surface area (Å²) in [6.45, 7) is 4.71. The zero-order chi connectivity index (χ0) is 27.9. The first-order valence-corrected chi connectivity index (χ1v) is 12.8. The molecule has 0 radical (unpaired) electrons. The van der Waals surface area contributed by atoms with Crippen LogP contribution in [0.2, 0.25) is 0 Å². The Bertz CT molecular complexity index is 1370. The van der Waals surface area contributed by atoms with Crippen LogP contribution in [0.15, 0.2) is 60.7 Å². The van der Waals surface area contributed by atoms with Crippen LogP contribution in [0.1, 0.15) is 39.9 Å². The monoisotopic (exact) mass is 531 g/mol. The Labute approximate surface area is 227 Å². The van der Waals surface area contributed by atoms with E-state index >= 15 is 0 Å². The molecular weight excluding hydrogens is 498 g/mol. The number of nitrogens with zero attached hydrogens (tertiary/aromatic N) is 1. The van der Waals surface area contributed by atoms with Crippen molar-refractivity contribution in [2.24, 2.45) is 0 Å². The van der Waals surface area contributed by atoms with Crippen molar-refractivity contribution < 1.29 is 29.0 Å². The molecule has 0 unspecified atom stereocenters. The molecule has 9 heteroatoms. The van der Waals surface area contributed by atoms with Crippen molar-refractivity contribution in [1.82, 2.24) is 4.90 Å². The number of nitrogens with one attached hydrogen (secondary N) is 2. The third-order valence-electron chi connectivity index (χ3n) is 6.81. The molecule has 3 aromatic rings. The summed E-state index contributed by atoms with van der Waals surface area (Å²) in [6.07, 6.45) is 1.91. The van der Waals surface area contributed by atoms with E-state index in [4.69, 9.17) is 14.6 Å². The maximum atomic E-state index is 13.2. The molecule has 0 spiro atoms. The topological polar surface area (TPSA) is 117 Å². The number of likely N-dealkylation sites (tertiary alicyclic amines) is 1. The Hall–Kier alpha value is -4.53. The van der Waals surface area contributed by atoms with Crippen LogP contribution in [-0.2, 0) is 11.2 Å². The van der Waals surface area contributed by atoms with E-state index in [9.17, 15) is 14.4 Å². The number of benzene rings is 3. The van der Waals surface area contributed by atoms with Crippen LogP contribution in [0.4, 0.5) is 16.2 Å². The molecule has 1 fully saturated rings. The van der Waals surface area contributed by atoms with Gasteiger partial charge in [-0.1, -0.05) is 24.3 Å². The molecule has 0 aliphatic carbocycles. The van der Waals surface area contributed by atoms with Gasteiger partial charge in [0, 0.05) is 12.2 Å². The largest absolute Gasteiger partial charge is 0.495 e. The fourth-order valence-corrected chi connectivity index (χ4v) is 4.68. The molecule has 3 aromatic carbocycles. The van der Waals surface area contributed by atoms with Gasteiger partial charge in [-0.3, -0.25) is 4.79 Å². The number of hydrogen-bond acceptors (Lipinski definition) is 5. The summed E-state index contributed by atoms with van der Waals surface area (Å²) in [6, 6.07) is 17.1. The van der Waals surface area contributed by atoms with Gasteiger partial charge in [-0.25, -0.2) is 9.59 Å². The Morgan fingerprint density at radius 3 is 2.44 bits per heavy atom. The summed E-state index contributed by atoms with van der Waals surface area (Å²) in [5.74, 6) is 0.0720. The van der Waals surface area contributed by atoms with E-state index < -0.39 is 5.97 Å². The third kappa shape index (κ3) is 6.87. The van der Waals surface area contributed by atoms with Gasteiger partial charge in [-0.15, -0.1) is 0 Å². The van der Waals surface area contributed by atoms with Gasteiger partial charge in [0.15, 0.2) is 0 Å². The van der Waals surface area contributed by atoms with Gasteiger partial charge < -0.3 is 30.1 Å². The second-order valence-corrected chi connectivity index (χ2v) is 9.59. The summed E-state index contributed by atoms with van der Waals surface area (Å²) in [5.41, 5.74) is 3.88. The van der Waals surface area contributed by atoms with Crippen LogP contribution in [0.3, 0.4) is 0 Å². The van der Waals surface area contributed by atoms with Crippen molar-refractivity contribution >= 4 is 29.3 Å². The molecule has 1 atom stereocenters. The molecule has 4 rings (SSSR count). The maximum Gasteiger partial charge on any atom is 0.335 e. The fourth-order valence-electron chi connectivity index (χ4n) is 4.68. The highest BCUT2D eigenvalue weighted by molar-refractivity contribution is 6.01. The molecule has 1 aliphatic heterocycles. The number of carbonyl (C=O) groups is 3. The SMILES string of the molecule is COc1cc(CC(=O)N2CCC[C@H]2COc2ccc(C(=O)O)cc2C)ccc1NC(=O)Nc1ccccc1C. The van der Waals surface area contributed by atoms with E-state index in [1.54, 1.807) is 37.3 Å². The number of hydrogen-bond donors (Lipinski definition) is 3. The summed E-state index contributed by atoms with van der Waals surface area (Å²) in [4.78, 5) is 38.7. The minimum absolute atomic E-state index is 0.0147. The number of aryl methyl sites for hydroxylation is 2. The Morgan fingerprint density at radius 1 is 0.949 bits per heavy atom. The van der Waals surface area contributed by atoms with E-state index in [0.717, 1.165) is 29.5 Å². The molecule has 0 bridgehead atoms. The zero-order valence-corrected chi connectivity index (χ0v) is 22.3. The lowest BCUT2D eigenvalue weighted by Crippen LogP contribution is -2.40. The minimum atomic E-state index is -0.983. The summed E-state index contributed by atoms with van der Waals surface area (Å²) < 4.78 is 11.5. The number of rotatable bonds is 9. The van der Waals surface area contributed by atoms with E-state index in [1.807, 2.05) is 36.1 Å². The smallest absolute Gasteiger partial charge is 0.335 e. The molecule has 204 valence electrons. The van der Waals surface area contributed by atoms with Gasteiger partial charge in [-0.05, 0) is 79.8 Å². The predicted octanol–water partition coefficient (Wildman–Crippen LogP) is 5.27. The van der Waals surface area contributed by atoms with Gasteiger partial charge in [0.25, 0.3) is 0 Å². The molecule has 1 heterocycles. The number of methoxy groups -OCH3 is 1. The van der Waals surface area contributed by atoms with Crippen LogP contribution >= 0.6 is 0 Å². The second-order valence-electron chi connectivity index (χ2n) is 9.59. The lowest BCUT2D eigenvalue weighted by atomic mass is 10.1.